The summed E-state index contributed by atoms with van der Waals surface area (Å²) < 4.78 is 29.2. The zero-order valence-electron chi connectivity index (χ0n) is 23.1. The Morgan fingerprint density at radius 2 is 1.67 bits per heavy atom. The topological polar surface area (TPSA) is 46.2 Å². The van der Waals surface area contributed by atoms with Crippen LogP contribution in [0.1, 0.15) is 99.8 Å². The second-order valence-corrected chi connectivity index (χ2v) is 15.9. The summed E-state index contributed by atoms with van der Waals surface area (Å²) in [5.41, 5.74) is 0. The standard InChI is InChI=1S/C27H52O5Si/c1-10-28-23(2)29-21-16-14-12-11-13-15-18-24(32-33(8,9)26(3,4)5)19-17-20-25-22-30-27(6,7)31-25/h23-25H,10-16,18-19,21-22H2,1-9H3. The molecule has 194 valence electrons. The van der Waals surface area contributed by atoms with E-state index in [1.54, 1.807) is 0 Å². The third kappa shape index (κ3) is 13.3. The van der Waals surface area contributed by atoms with Gasteiger partial charge in [0.2, 0.25) is 0 Å². The van der Waals surface area contributed by atoms with Gasteiger partial charge in [-0.1, -0.05) is 64.7 Å². The predicted molar refractivity (Wildman–Crippen MR) is 139 cm³/mol. The highest BCUT2D eigenvalue weighted by Crippen LogP contribution is 2.38. The molecular formula is C27H52O5Si. The van der Waals surface area contributed by atoms with E-state index < -0.39 is 14.1 Å². The van der Waals surface area contributed by atoms with Crippen LogP contribution < -0.4 is 0 Å². The van der Waals surface area contributed by atoms with E-state index >= 15 is 0 Å². The highest BCUT2D eigenvalue weighted by molar-refractivity contribution is 6.74. The lowest BCUT2D eigenvalue weighted by molar-refractivity contribution is -0.132. The van der Waals surface area contributed by atoms with E-state index in [-0.39, 0.29) is 23.5 Å². The molecule has 0 aliphatic carbocycles. The molecule has 1 aliphatic heterocycles. The van der Waals surface area contributed by atoms with Gasteiger partial charge in [-0.15, -0.1) is 0 Å². The molecule has 0 N–H and O–H groups in total. The van der Waals surface area contributed by atoms with Crippen molar-refractivity contribution in [1.82, 2.24) is 0 Å². The van der Waals surface area contributed by atoms with Crippen molar-refractivity contribution in [2.24, 2.45) is 0 Å². The van der Waals surface area contributed by atoms with Crippen molar-refractivity contribution in [3.8, 4) is 11.8 Å². The van der Waals surface area contributed by atoms with Crippen molar-refractivity contribution in [3.63, 3.8) is 0 Å². The maximum atomic E-state index is 6.75. The predicted octanol–water partition coefficient (Wildman–Crippen LogP) is 7.05. The highest BCUT2D eigenvalue weighted by Gasteiger charge is 2.39. The highest BCUT2D eigenvalue weighted by atomic mass is 28.4. The van der Waals surface area contributed by atoms with Gasteiger partial charge >= 0.3 is 0 Å². The minimum atomic E-state index is -1.83. The molecule has 5 nitrogen and oxygen atoms in total. The van der Waals surface area contributed by atoms with Crippen molar-refractivity contribution in [2.75, 3.05) is 19.8 Å². The van der Waals surface area contributed by atoms with Gasteiger partial charge in [-0.25, -0.2) is 0 Å². The maximum absolute atomic E-state index is 6.75. The van der Waals surface area contributed by atoms with Crippen molar-refractivity contribution in [1.29, 1.82) is 0 Å². The van der Waals surface area contributed by atoms with E-state index in [0.29, 0.717) is 13.2 Å². The molecule has 0 aromatic carbocycles. The van der Waals surface area contributed by atoms with E-state index in [1.165, 1.54) is 32.1 Å². The zero-order valence-corrected chi connectivity index (χ0v) is 24.1. The van der Waals surface area contributed by atoms with Crippen LogP contribution in [-0.4, -0.2) is 52.4 Å². The van der Waals surface area contributed by atoms with Gasteiger partial charge in [0.15, 0.2) is 20.4 Å². The normalized spacial score (nSPS) is 20.3. The second-order valence-electron chi connectivity index (χ2n) is 11.1. The monoisotopic (exact) mass is 484 g/mol. The Hall–Kier alpha value is -0.423. The van der Waals surface area contributed by atoms with Gasteiger partial charge in [-0.2, -0.15) is 0 Å². The fraction of sp³-hybridized carbons (Fsp3) is 0.926. The van der Waals surface area contributed by atoms with Gasteiger partial charge in [0.25, 0.3) is 0 Å². The summed E-state index contributed by atoms with van der Waals surface area (Å²) in [5.74, 6) is 6.08. The average molecular weight is 485 g/mol. The fourth-order valence-corrected chi connectivity index (χ4v) is 4.94. The van der Waals surface area contributed by atoms with Gasteiger partial charge in [-0.05, 0) is 58.7 Å². The maximum Gasteiger partial charge on any atom is 0.192 e. The summed E-state index contributed by atoms with van der Waals surface area (Å²) in [6.45, 7) is 21.4. The molecule has 1 rings (SSSR count). The number of unbranched alkanes of at least 4 members (excludes halogenated alkanes) is 5. The molecule has 0 amide bonds. The van der Waals surface area contributed by atoms with Crippen LogP contribution in [0.15, 0.2) is 0 Å². The van der Waals surface area contributed by atoms with Crippen LogP contribution in [0.25, 0.3) is 0 Å². The van der Waals surface area contributed by atoms with Gasteiger partial charge in [0.1, 0.15) is 6.10 Å². The van der Waals surface area contributed by atoms with E-state index in [0.717, 1.165) is 25.9 Å². The van der Waals surface area contributed by atoms with Crippen LogP contribution in [0.2, 0.25) is 18.1 Å². The van der Waals surface area contributed by atoms with Crippen molar-refractivity contribution in [2.45, 2.75) is 142 Å². The number of ether oxygens (including phenoxy) is 4. The van der Waals surface area contributed by atoms with Crippen LogP contribution in [0.5, 0.6) is 0 Å². The third-order valence-electron chi connectivity index (χ3n) is 6.54. The molecule has 1 aliphatic rings. The Balaban J connectivity index is 2.38. The van der Waals surface area contributed by atoms with Crippen LogP contribution in [-0.2, 0) is 23.4 Å². The fourth-order valence-electron chi connectivity index (χ4n) is 3.55. The average Bonchev–Trinajstić information content (AvgIpc) is 3.04. The third-order valence-corrected chi connectivity index (χ3v) is 11.1. The molecule has 0 spiro atoms. The molecule has 33 heavy (non-hydrogen) atoms. The first kappa shape index (κ1) is 30.6. The first-order valence-electron chi connectivity index (χ1n) is 13.1. The molecule has 6 heteroatoms. The zero-order chi connectivity index (χ0) is 25.0. The van der Waals surface area contributed by atoms with E-state index in [4.69, 9.17) is 23.4 Å². The number of hydrogen-bond acceptors (Lipinski definition) is 5. The van der Waals surface area contributed by atoms with Gasteiger partial charge in [-0.3, -0.25) is 0 Å². The SMILES string of the molecule is CCOC(C)OCCCCCCCCC(CC#CC1COC(C)(C)O1)O[Si](C)(C)C(C)(C)C. The van der Waals surface area contributed by atoms with Gasteiger partial charge < -0.3 is 23.4 Å². The van der Waals surface area contributed by atoms with E-state index in [1.807, 2.05) is 27.7 Å². The largest absolute Gasteiger partial charge is 0.413 e. The summed E-state index contributed by atoms with van der Waals surface area (Å²) in [6, 6.07) is 0. The lowest BCUT2D eigenvalue weighted by Gasteiger charge is -2.39. The van der Waals surface area contributed by atoms with E-state index in [2.05, 4.69) is 45.7 Å². The molecule has 0 aromatic heterocycles. The molecule has 1 saturated heterocycles. The molecule has 0 radical (unpaired) electrons. The van der Waals surface area contributed by atoms with Crippen LogP contribution in [0, 0.1) is 11.8 Å². The summed E-state index contributed by atoms with van der Waals surface area (Å²) in [7, 11) is -1.83. The quantitative estimate of drug-likeness (QED) is 0.108. The Morgan fingerprint density at radius 3 is 2.24 bits per heavy atom. The van der Waals surface area contributed by atoms with Crippen molar-refractivity contribution >= 4 is 8.32 Å². The summed E-state index contributed by atoms with van der Waals surface area (Å²) in [5, 5.41) is 0.201. The van der Waals surface area contributed by atoms with Crippen molar-refractivity contribution in [3.05, 3.63) is 0 Å². The van der Waals surface area contributed by atoms with Crippen molar-refractivity contribution < 1.29 is 23.4 Å². The Labute approximate surface area is 205 Å². The Bertz CT molecular complexity index is 588. The Kier molecular flexibility index (Phi) is 13.8. The summed E-state index contributed by atoms with van der Waals surface area (Å²) in [6.07, 6.45) is 9.10. The smallest absolute Gasteiger partial charge is 0.192 e. The number of hydrogen-bond donors (Lipinski definition) is 0. The Morgan fingerprint density at radius 1 is 1.03 bits per heavy atom. The van der Waals surface area contributed by atoms with Gasteiger partial charge in [0.05, 0.1) is 12.7 Å². The van der Waals surface area contributed by atoms with Crippen LogP contribution in [0.4, 0.5) is 0 Å². The lowest BCUT2D eigenvalue weighted by atomic mass is 10.1. The summed E-state index contributed by atoms with van der Waals surface area (Å²) >= 11 is 0. The van der Waals surface area contributed by atoms with Gasteiger partial charge in [0, 0.05) is 19.6 Å². The second kappa shape index (κ2) is 14.9. The minimum Gasteiger partial charge on any atom is -0.413 e. The molecule has 1 fully saturated rings. The molecule has 0 aromatic rings. The molecule has 1 heterocycles. The molecule has 3 unspecified atom stereocenters. The first-order chi connectivity index (χ1) is 15.4. The molecule has 3 atom stereocenters. The van der Waals surface area contributed by atoms with Crippen LogP contribution in [0.3, 0.4) is 0 Å². The summed E-state index contributed by atoms with van der Waals surface area (Å²) in [4.78, 5) is 0. The first-order valence-corrected chi connectivity index (χ1v) is 16.0. The molecule has 0 bridgehead atoms. The molecule has 0 saturated carbocycles. The molecular weight excluding hydrogens is 432 g/mol. The minimum absolute atomic E-state index is 0.0878. The van der Waals surface area contributed by atoms with Crippen LogP contribution >= 0.6 is 0 Å². The lowest BCUT2D eigenvalue weighted by Crippen LogP contribution is -2.43. The number of rotatable bonds is 15. The van der Waals surface area contributed by atoms with E-state index in [9.17, 15) is 0 Å².